The van der Waals surface area contributed by atoms with Gasteiger partial charge in [0.15, 0.2) is 0 Å². The third-order valence-corrected chi connectivity index (χ3v) is 4.87. The number of nitrogens with one attached hydrogen (secondary N) is 2. The standard InChI is InChI=1S/C19H21ClN4O4/c1-11-2-3-12(6-14(11)20)7-22-19-23-15-9-21-8-13(17(15)18(27)24-19)4-5-28-10-16(25)26/h2-3,6,9,13H,4-5,7-8,10H2,1H3,(H,25,26)(H2,22,23,24,27). The van der Waals surface area contributed by atoms with Crippen molar-refractivity contribution in [2.75, 3.05) is 25.1 Å². The maximum absolute atomic E-state index is 12.6. The van der Waals surface area contributed by atoms with Crippen LogP contribution in [-0.2, 0) is 16.1 Å². The first-order valence-corrected chi connectivity index (χ1v) is 9.24. The quantitative estimate of drug-likeness (QED) is 0.581. The molecule has 148 valence electrons. The third-order valence-electron chi connectivity index (χ3n) is 4.46. The first kappa shape index (κ1) is 20.0. The summed E-state index contributed by atoms with van der Waals surface area (Å²) in [6, 6.07) is 5.76. The molecule has 0 saturated carbocycles. The van der Waals surface area contributed by atoms with Crippen LogP contribution < -0.4 is 10.9 Å². The molecule has 2 heterocycles. The van der Waals surface area contributed by atoms with E-state index in [4.69, 9.17) is 21.4 Å². The van der Waals surface area contributed by atoms with Crippen molar-refractivity contribution in [3.05, 3.63) is 56.0 Å². The van der Waals surface area contributed by atoms with E-state index in [-0.39, 0.29) is 24.7 Å². The van der Waals surface area contributed by atoms with Gasteiger partial charge in [0.05, 0.1) is 5.69 Å². The van der Waals surface area contributed by atoms with Crippen LogP contribution in [0.3, 0.4) is 0 Å². The number of aromatic nitrogens is 2. The lowest BCUT2D eigenvalue weighted by molar-refractivity contribution is -0.142. The molecule has 0 aliphatic carbocycles. The fourth-order valence-corrected chi connectivity index (χ4v) is 3.19. The topological polar surface area (TPSA) is 117 Å². The van der Waals surface area contributed by atoms with Gasteiger partial charge in [0.25, 0.3) is 5.56 Å². The molecule has 2 aromatic rings. The molecule has 1 aliphatic heterocycles. The number of rotatable bonds is 8. The summed E-state index contributed by atoms with van der Waals surface area (Å²) in [5, 5.41) is 12.4. The van der Waals surface area contributed by atoms with Crippen LogP contribution in [-0.4, -0.2) is 47.0 Å². The Hall–Kier alpha value is -2.71. The van der Waals surface area contributed by atoms with E-state index in [0.29, 0.717) is 41.7 Å². The molecular formula is C19H21ClN4O4. The van der Waals surface area contributed by atoms with Crippen LogP contribution in [0.4, 0.5) is 5.95 Å². The van der Waals surface area contributed by atoms with Crippen LogP contribution in [0.2, 0.25) is 5.02 Å². The highest BCUT2D eigenvalue weighted by atomic mass is 35.5. The molecule has 0 bridgehead atoms. The summed E-state index contributed by atoms with van der Waals surface area (Å²) >= 11 is 6.14. The zero-order chi connectivity index (χ0) is 20.1. The molecular weight excluding hydrogens is 384 g/mol. The minimum atomic E-state index is -1.02. The molecule has 0 radical (unpaired) electrons. The number of hydrogen-bond donors (Lipinski definition) is 3. The maximum atomic E-state index is 12.6. The van der Waals surface area contributed by atoms with Crippen molar-refractivity contribution in [2.24, 2.45) is 4.99 Å². The van der Waals surface area contributed by atoms with E-state index in [9.17, 15) is 9.59 Å². The van der Waals surface area contributed by atoms with Gasteiger partial charge in [-0.15, -0.1) is 0 Å². The first-order chi connectivity index (χ1) is 13.4. The number of aromatic amines is 1. The zero-order valence-electron chi connectivity index (χ0n) is 15.4. The van der Waals surface area contributed by atoms with Gasteiger partial charge in [-0.2, -0.15) is 0 Å². The van der Waals surface area contributed by atoms with Crippen molar-refractivity contribution in [3.63, 3.8) is 0 Å². The Balaban J connectivity index is 1.69. The second-order valence-electron chi connectivity index (χ2n) is 6.58. The lowest BCUT2D eigenvalue weighted by atomic mass is 9.94. The van der Waals surface area contributed by atoms with E-state index in [1.165, 1.54) is 0 Å². The van der Waals surface area contributed by atoms with Crippen LogP contribution in [0.5, 0.6) is 0 Å². The van der Waals surface area contributed by atoms with Crippen molar-refractivity contribution in [3.8, 4) is 0 Å². The predicted molar refractivity (Wildman–Crippen MR) is 107 cm³/mol. The van der Waals surface area contributed by atoms with Crippen LogP contribution in [0.1, 0.15) is 34.7 Å². The number of anilines is 1. The highest BCUT2D eigenvalue weighted by molar-refractivity contribution is 6.31. The summed E-state index contributed by atoms with van der Waals surface area (Å²) in [5.41, 5.74) is 2.81. The molecule has 0 fully saturated rings. The summed E-state index contributed by atoms with van der Waals surface area (Å²) in [6.45, 7) is 2.72. The van der Waals surface area contributed by atoms with Crippen LogP contribution >= 0.6 is 11.6 Å². The number of fused-ring (bicyclic) bond motifs is 1. The lowest BCUT2D eigenvalue weighted by Gasteiger charge is -2.20. The number of carboxylic acid groups (broad SMARTS) is 1. The number of halogens is 1. The van der Waals surface area contributed by atoms with E-state index in [2.05, 4.69) is 20.3 Å². The molecule has 28 heavy (non-hydrogen) atoms. The van der Waals surface area contributed by atoms with E-state index in [1.807, 2.05) is 25.1 Å². The number of benzene rings is 1. The largest absolute Gasteiger partial charge is 0.480 e. The van der Waals surface area contributed by atoms with Gasteiger partial charge >= 0.3 is 5.97 Å². The van der Waals surface area contributed by atoms with Crippen molar-refractivity contribution in [1.82, 2.24) is 9.97 Å². The van der Waals surface area contributed by atoms with Gasteiger partial charge in [0.2, 0.25) is 5.95 Å². The molecule has 0 amide bonds. The molecule has 3 N–H and O–H groups in total. The second kappa shape index (κ2) is 8.99. The minimum Gasteiger partial charge on any atom is -0.480 e. The number of carbonyl (C=O) groups is 1. The molecule has 9 heteroatoms. The molecule has 1 aromatic heterocycles. The maximum Gasteiger partial charge on any atom is 0.329 e. The number of H-pyrrole nitrogens is 1. The second-order valence-corrected chi connectivity index (χ2v) is 6.98. The molecule has 0 spiro atoms. The summed E-state index contributed by atoms with van der Waals surface area (Å²) in [7, 11) is 0. The summed E-state index contributed by atoms with van der Waals surface area (Å²) in [5.74, 6) is -0.822. The molecule has 8 nitrogen and oxygen atoms in total. The minimum absolute atomic E-state index is 0.157. The number of aliphatic carboxylic acids is 1. The highest BCUT2D eigenvalue weighted by Crippen LogP contribution is 2.23. The molecule has 1 unspecified atom stereocenters. The molecule has 1 aromatic carbocycles. The van der Waals surface area contributed by atoms with Gasteiger partial charge in [-0.25, -0.2) is 9.78 Å². The van der Waals surface area contributed by atoms with E-state index >= 15 is 0 Å². The Labute approximate surface area is 166 Å². The molecule has 3 rings (SSSR count). The van der Waals surface area contributed by atoms with Crippen LogP contribution in [0.15, 0.2) is 28.0 Å². The van der Waals surface area contributed by atoms with E-state index in [1.54, 1.807) is 6.21 Å². The average molecular weight is 405 g/mol. The lowest BCUT2D eigenvalue weighted by Crippen LogP contribution is -2.27. The van der Waals surface area contributed by atoms with Gasteiger partial charge in [-0.1, -0.05) is 23.7 Å². The number of hydrogen-bond acceptors (Lipinski definition) is 6. The third kappa shape index (κ3) is 4.96. The number of nitrogens with zero attached hydrogens (tertiary/aromatic N) is 2. The average Bonchev–Trinajstić information content (AvgIpc) is 2.66. The van der Waals surface area contributed by atoms with Crippen molar-refractivity contribution < 1.29 is 14.6 Å². The smallest absolute Gasteiger partial charge is 0.329 e. The molecule has 1 atom stereocenters. The van der Waals surface area contributed by atoms with Crippen molar-refractivity contribution in [2.45, 2.75) is 25.8 Å². The highest BCUT2D eigenvalue weighted by Gasteiger charge is 2.23. The molecule has 0 saturated heterocycles. The summed E-state index contributed by atoms with van der Waals surface area (Å²) in [4.78, 5) is 34.6. The Morgan fingerprint density at radius 3 is 3.04 bits per heavy atom. The van der Waals surface area contributed by atoms with Crippen LogP contribution in [0, 0.1) is 6.92 Å². The van der Waals surface area contributed by atoms with Crippen LogP contribution in [0.25, 0.3) is 0 Å². The first-order valence-electron chi connectivity index (χ1n) is 8.86. The Morgan fingerprint density at radius 1 is 1.46 bits per heavy atom. The van der Waals surface area contributed by atoms with E-state index < -0.39 is 5.97 Å². The number of ether oxygens (including phenoxy) is 1. The molecule has 1 aliphatic rings. The zero-order valence-corrected chi connectivity index (χ0v) is 16.1. The number of aliphatic imine (C=N–C) groups is 1. The predicted octanol–water partition coefficient (Wildman–Crippen LogP) is 2.35. The Morgan fingerprint density at radius 2 is 2.29 bits per heavy atom. The normalized spacial score (nSPS) is 15.3. The summed E-state index contributed by atoms with van der Waals surface area (Å²) in [6.07, 6.45) is 2.09. The summed E-state index contributed by atoms with van der Waals surface area (Å²) < 4.78 is 5.07. The van der Waals surface area contributed by atoms with Gasteiger partial charge in [0.1, 0.15) is 6.61 Å². The van der Waals surface area contributed by atoms with Gasteiger partial charge in [-0.3, -0.25) is 14.8 Å². The Bertz CT molecular complexity index is 957. The van der Waals surface area contributed by atoms with Gasteiger partial charge in [-0.05, 0) is 30.5 Å². The van der Waals surface area contributed by atoms with E-state index in [0.717, 1.165) is 11.1 Å². The van der Waals surface area contributed by atoms with Crippen molar-refractivity contribution >= 4 is 29.7 Å². The Kier molecular flexibility index (Phi) is 6.43. The van der Waals surface area contributed by atoms with Gasteiger partial charge < -0.3 is 15.2 Å². The van der Waals surface area contributed by atoms with Crippen molar-refractivity contribution in [1.29, 1.82) is 0 Å². The SMILES string of the molecule is Cc1ccc(CNc2nc3c(c(=O)[nH]2)C(CCOCC(=O)O)CN=C3)cc1Cl. The number of carboxylic acids is 1. The monoisotopic (exact) mass is 404 g/mol. The fourth-order valence-electron chi connectivity index (χ4n) is 2.99. The fraction of sp³-hybridized carbons (Fsp3) is 0.368. The number of aryl methyl sites for hydroxylation is 1. The van der Waals surface area contributed by atoms with Gasteiger partial charge in [0, 0.05) is 42.4 Å².